The van der Waals surface area contributed by atoms with E-state index in [1.807, 2.05) is 4.90 Å². The highest BCUT2D eigenvalue weighted by Gasteiger charge is 2.49. The molecule has 0 spiro atoms. The third-order valence-corrected chi connectivity index (χ3v) is 9.51. The predicted molar refractivity (Wildman–Crippen MR) is 165 cm³/mol. The molecule has 3 atom stereocenters. The van der Waals surface area contributed by atoms with Crippen molar-refractivity contribution in [1.82, 2.24) is 19.9 Å². The molecule has 3 fully saturated rings. The van der Waals surface area contributed by atoms with Crippen LogP contribution in [0.15, 0.2) is 30.3 Å². The second-order valence-electron chi connectivity index (χ2n) is 12.9. The molecule has 4 aromatic rings. The lowest BCUT2D eigenvalue weighted by Gasteiger charge is -2.38. The van der Waals surface area contributed by atoms with E-state index in [-0.39, 0.29) is 53.3 Å². The number of nitrogens with zero attached hydrogens (tertiary/aromatic N) is 5. The SMILES string of the molecule is C#Cc1c(F)ccc2cccc(-c3nc(OC(F)F)c4c(N5CCC[C@@](C)(O)C5)nc(OC[C@@]56CCCN5C[C@H](F)C6)nc4c3F)c12. The largest absolute Gasteiger partial charge is 0.461 e. The van der Waals surface area contributed by atoms with E-state index in [9.17, 15) is 22.7 Å². The minimum Gasteiger partial charge on any atom is -0.461 e. The van der Waals surface area contributed by atoms with Crippen LogP contribution in [0.1, 0.15) is 44.6 Å². The molecule has 0 amide bonds. The summed E-state index contributed by atoms with van der Waals surface area (Å²) >= 11 is 0. The first-order chi connectivity index (χ1) is 22.5. The highest BCUT2D eigenvalue weighted by Crippen LogP contribution is 2.43. The first-order valence-electron chi connectivity index (χ1n) is 15.5. The highest BCUT2D eigenvalue weighted by atomic mass is 19.3. The maximum absolute atomic E-state index is 16.9. The van der Waals surface area contributed by atoms with Crippen molar-refractivity contribution in [2.45, 2.75) is 63.0 Å². The summed E-state index contributed by atoms with van der Waals surface area (Å²) in [5, 5.41) is 11.3. The molecule has 0 bridgehead atoms. The number of pyridine rings is 1. The van der Waals surface area contributed by atoms with Crippen LogP contribution in [0.2, 0.25) is 0 Å². The summed E-state index contributed by atoms with van der Waals surface area (Å²) in [6, 6.07) is 7.09. The van der Waals surface area contributed by atoms with Gasteiger partial charge in [0.1, 0.15) is 41.0 Å². The number of aliphatic hydroxyl groups is 1. The molecule has 3 saturated heterocycles. The molecule has 0 unspecified atom stereocenters. The van der Waals surface area contributed by atoms with Gasteiger partial charge in [-0.1, -0.05) is 30.2 Å². The number of benzene rings is 2. The van der Waals surface area contributed by atoms with Gasteiger partial charge in [0, 0.05) is 37.0 Å². The molecule has 0 saturated carbocycles. The van der Waals surface area contributed by atoms with Crippen molar-refractivity contribution < 1.29 is 36.5 Å². The summed E-state index contributed by atoms with van der Waals surface area (Å²) in [5.74, 6) is -0.120. The second kappa shape index (κ2) is 11.8. The molecule has 0 radical (unpaired) electrons. The van der Waals surface area contributed by atoms with E-state index in [1.54, 1.807) is 24.0 Å². The average Bonchev–Trinajstić information content (AvgIpc) is 3.55. The van der Waals surface area contributed by atoms with Gasteiger partial charge in [-0.15, -0.1) is 6.42 Å². The quantitative estimate of drug-likeness (QED) is 0.192. The first kappa shape index (κ1) is 31.3. The molecule has 5 heterocycles. The monoisotopic (exact) mass is 653 g/mol. The van der Waals surface area contributed by atoms with Gasteiger partial charge in [-0.25, -0.2) is 18.2 Å². The molecule has 8 nitrogen and oxygen atoms in total. The Morgan fingerprint density at radius 3 is 2.66 bits per heavy atom. The zero-order chi connectivity index (χ0) is 33.1. The summed E-state index contributed by atoms with van der Waals surface area (Å²) in [5.41, 5.74) is -2.72. The molecule has 3 aliphatic rings. The molecule has 3 aliphatic heterocycles. The molecular weight excluding hydrogens is 621 g/mol. The fraction of sp³-hybridized carbons (Fsp3) is 0.441. The van der Waals surface area contributed by atoms with Gasteiger partial charge < -0.3 is 19.5 Å². The maximum Gasteiger partial charge on any atom is 0.388 e. The number of piperidine rings is 1. The number of ether oxygens (including phenoxy) is 2. The van der Waals surface area contributed by atoms with Crippen LogP contribution in [0.5, 0.6) is 11.9 Å². The summed E-state index contributed by atoms with van der Waals surface area (Å²) in [7, 11) is 0. The molecule has 0 aliphatic carbocycles. The zero-order valence-electron chi connectivity index (χ0n) is 25.6. The van der Waals surface area contributed by atoms with Crippen LogP contribution in [0.4, 0.5) is 27.8 Å². The number of β-amino-alcohol motifs (C(OH)–C–C–N with tert-alkyl or cyclic N) is 1. The van der Waals surface area contributed by atoms with Gasteiger partial charge in [-0.05, 0) is 50.6 Å². The van der Waals surface area contributed by atoms with Gasteiger partial charge in [0.05, 0.1) is 16.7 Å². The Hall–Kier alpha value is -4.28. The zero-order valence-corrected chi connectivity index (χ0v) is 25.6. The van der Waals surface area contributed by atoms with Crippen molar-refractivity contribution in [3.63, 3.8) is 0 Å². The first-order valence-corrected chi connectivity index (χ1v) is 15.5. The van der Waals surface area contributed by atoms with Gasteiger partial charge >= 0.3 is 12.6 Å². The third-order valence-electron chi connectivity index (χ3n) is 9.51. The van der Waals surface area contributed by atoms with Crippen molar-refractivity contribution in [1.29, 1.82) is 0 Å². The standard InChI is InChI=1S/C34H32F5N5O3/c1-3-21-23(36)10-9-19-7-4-8-22(24(19)21)27-26(37)28-25(30(40-27)47-31(38)39)29(43-13-5-11-33(2,45)17-43)42-32(41-28)46-18-34-12-6-14-44(34)16-20(35)15-34/h1,4,7-10,20,31,45H,5-6,11-18H2,2H3/t20-,33-,34+/m1/s1. The van der Waals surface area contributed by atoms with Gasteiger partial charge in [0.2, 0.25) is 5.88 Å². The van der Waals surface area contributed by atoms with Crippen molar-refractivity contribution in [2.24, 2.45) is 0 Å². The fourth-order valence-electron chi connectivity index (χ4n) is 7.49. The van der Waals surface area contributed by atoms with E-state index < -0.39 is 52.6 Å². The molecule has 2 aromatic carbocycles. The van der Waals surface area contributed by atoms with E-state index in [0.29, 0.717) is 37.7 Å². The Labute approximate surface area is 267 Å². The van der Waals surface area contributed by atoms with Crippen molar-refractivity contribution >= 4 is 27.5 Å². The lowest BCUT2D eigenvalue weighted by molar-refractivity contribution is -0.0517. The van der Waals surface area contributed by atoms with Gasteiger partial charge in [-0.3, -0.25) is 4.90 Å². The van der Waals surface area contributed by atoms with Crippen molar-refractivity contribution in [3.8, 4) is 35.5 Å². The molecule has 47 heavy (non-hydrogen) atoms. The Balaban J connectivity index is 1.45. The van der Waals surface area contributed by atoms with Gasteiger partial charge in [-0.2, -0.15) is 18.7 Å². The Bertz CT molecular complexity index is 1920. The van der Waals surface area contributed by atoms with Gasteiger partial charge in [0.25, 0.3) is 0 Å². The summed E-state index contributed by atoms with van der Waals surface area (Å²) in [4.78, 5) is 16.8. The molecule has 1 N–H and O–H groups in total. The van der Waals surface area contributed by atoms with E-state index >= 15 is 4.39 Å². The maximum atomic E-state index is 16.9. The minimum atomic E-state index is -3.35. The van der Waals surface area contributed by atoms with Crippen LogP contribution in [0, 0.1) is 24.0 Å². The Morgan fingerprint density at radius 2 is 1.89 bits per heavy atom. The number of aromatic nitrogens is 3. The van der Waals surface area contributed by atoms with Crippen molar-refractivity contribution in [2.75, 3.05) is 37.7 Å². The molecule has 7 rings (SSSR count). The lowest BCUT2D eigenvalue weighted by Crippen LogP contribution is -2.46. The Kier molecular flexibility index (Phi) is 7.83. The number of hydrogen-bond donors (Lipinski definition) is 1. The van der Waals surface area contributed by atoms with E-state index in [4.69, 9.17) is 15.9 Å². The molecule has 13 heteroatoms. The number of fused-ring (bicyclic) bond motifs is 3. The topological polar surface area (TPSA) is 83.8 Å². The van der Waals surface area contributed by atoms with E-state index in [0.717, 1.165) is 13.0 Å². The number of hydrogen-bond acceptors (Lipinski definition) is 8. The van der Waals surface area contributed by atoms with E-state index in [2.05, 4.69) is 20.9 Å². The number of halogens is 5. The number of anilines is 1. The van der Waals surface area contributed by atoms with Crippen LogP contribution >= 0.6 is 0 Å². The smallest absolute Gasteiger partial charge is 0.388 e. The highest BCUT2D eigenvalue weighted by molar-refractivity contribution is 6.03. The van der Waals surface area contributed by atoms with Crippen LogP contribution in [-0.4, -0.2) is 81.7 Å². The summed E-state index contributed by atoms with van der Waals surface area (Å²) in [6.45, 7) is -0.271. The molecule has 2 aromatic heterocycles. The molecule has 246 valence electrons. The third kappa shape index (κ3) is 5.57. The number of alkyl halides is 3. The minimum absolute atomic E-state index is 0.0116. The lowest BCUT2D eigenvalue weighted by atomic mass is 9.94. The summed E-state index contributed by atoms with van der Waals surface area (Å²) < 4.78 is 85.1. The van der Waals surface area contributed by atoms with Crippen molar-refractivity contribution in [3.05, 3.63) is 47.5 Å². The van der Waals surface area contributed by atoms with Crippen LogP contribution in [0.3, 0.4) is 0 Å². The van der Waals surface area contributed by atoms with Crippen LogP contribution < -0.4 is 14.4 Å². The molecular formula is C34H32F5N5O3. The fourth-order valence-corrected chi connectivity index (χ4v) is 7.49. The Morgan fingerprint density at radius 1 is 1.09 bits per heavy atom. The van der Waals surface area contributed by atoms with Crippen LogP contribution in [0.25, 0.3) is 32.9 Å². The van der Waals surface area contributed by atoms with Crippen LogP contribution in [-0.2, 0) is 0 Å². The van der Waals surface area contributed by atoms with E-state index in [1.165, 1.54) is 18.2 Å². The number of rotatable bonds is 7. The average molecular weight is 654 g/mol. The van der Waals surface area contributed by atoms with Gasteiger partial charge in [0.15, 0.2) is 5.82 Å². The predicted octanol–water partition coefficient (Wildman–Crippen LogP) is 6.01. The normalized spacial score (nSPS) is 24.7. The number of terminal acetylenes is 1. The summed E-state index contributed by atoms with van der Waals surface area (Å²) in [6.07, 6.45) is 7.47. The second-order valence-corrected chi connectivity index (χ2v) is 12.9.